The van der Waals surface area contributed by atoms with Crippen LogP contribution in [0.4, 0.5) is 30.7 Å². The molecule has 212 valence electrons. The summed E-state index contributed by atoms with van der Waals surface area (Å²) in [5.41, 5.74) is -1.33. The Bertz CT molecular complexity index is 1210. The number of halogens is 7. The summed E-state index contributed by atoms with van der Waals surface area (Å²) in [6.45, 7) is 2.61. The Balaban J connectivity index is 1.66. The minimum Gasteiger partial charge on any atom is -0.349 e. The number of nitrogens with zero attached hydrogens (tertiary/aromatic N) is 3. The third kappa shape index (κ3) is 6.93. The summed E-state index contributed by atoms with van der Waals surface area (Å²) in [5, 5.41) is 13.9. The van der Waals surface area contributed by atoms with Gasteiger partial charge in [-0.3, -0.25) is 4.90 Å². The molecule has 1 unspecified atom stereocenters. The second kappa shape index (κ2) is 11.6. The maximum atomic E-state index is 13.7. The summed E-state index contributed by atoms with van der Waals surface area (Å²) in [4.78, 5) is 1.93. The monoisotopic (exact) mass is 561 g/mol. The lowest BCUT2D eigenvalue weighted by Gasteiger charge is -2.42. The van der Waals surface area contributed by atoms with Gasteiger partial charge in [-0.05, 0) is 55.4 Å². The van der Waals surface area contributed by atoms with E-state index in [2.05, 4.69) is 20.7 Å². The van der Waals surface area contributed by atoms with E-state index < -0.39 is 47.7 Å². The minimum atomic E-state index is -4.99. The molecule has 0 radical (unpaired) electrons. The van der Waals surface area contributed by atoms with E-state index in [1.807, 2.05) is 4.90 Å². The second-order valence-electron chi connectivity index (χ2n) is 9.07. The van der Waals surface area contributed by atoms with Crippen molar-refractivity contribution >= 4 is 0 Å². The van der Waals surface area contributed by atoms with E-state index in [-0.39, 0.29) is 24.8 Å². The molecule has 2 aromatic carbocycles. The standard InChI is InChI=1S/C25H26F7N5O2/c1-14(16-9-17(24(27,28)29)11-18(10-16)25(30,31)32)39-23-22(15-3-5-19(26)6-4-15)37(7-8-38-23)13-21-20(12-33-2)34-36-35-21/h3-6,9-11,14,22-23,33H,7-8,12-13H2,1-2H3,(H,34,35,36)/t14?,22-,23+/m0/s1. The van der Waals surface area contributed by atoms with E-state index in [0.29, 0.717) is 42.2 Å². The number of H-pyrrole nitrogens is 1. The summed E-state index contributed by atoms with van der Waals surface area (Å²) >= 11 is 0. The first kappa shape index (κ1) is 28.9. The summed E-state index contributed by atoms with van der Waals surface area (Å²) < 4.78 is 106. The predicted octanol–water partition coefficient (Wildman–Crippen LogP) is 5.38. The number of aromatic amines is 1. The number of hydrogen-bond acceptors (Lipinski definition) is 6. The highest BCUT2D eigenvalue weighted by Crippen LogP contribution is 2.40. The molecule has 3 aromatic rings. The molecule has 0 aliphatic carbocycles. The van der Waals surface area contributed by atoms with Crippen molar-refractivity contribution in [2.24, 2.45) is 0 Å². The van der Waals surface area contributed by atoms with Gasteiger partial charge in [0.15, 0.2) is 6.29 Å². The average Bonchev–Trinajstić information content (AvgIpc) is 3.30. The van der Waals surface area contributed by atoms with Crippen LogP contribution in [0.25, 0.3) is 0 Å². The van der Waals surface area contributed by atoms with Gasteiger partial charge in [0.25, 0.3) is 0 Å². The topological polar surface area (TPSA) is 75.3 Å². The van der Waals surface area contributed by atoms with Crippen molar-refractivity contribution in [3.63, 3.8) is 0 Å². The van der Waals surface area contributed by atoms with Gasteiger partial charge in [0.05, 0.1) is 29.9 Å². The zero-order valence-electron chi connectivity index (χ0n) is 20.9. The van der Waals surface area contributed by atoms with Crippen LogP contribution in [0.3, 0.4) is 0 Å². The molecule has 1 aliphatic heterocycles. The molecule has 0 amide bonds. The summed E-state index contributed by atoms with van der Waals surface area (Å²) in [5.74, 6) is -0.482. The SMILES string of the molecule is CNCc1n[nH]nc1CN1CCO[C@H](OC(C)c2cc(C(F)(F)F)cc(C(F)(F)F)c2)[C@@H]1c1ccc(F)cc1. The second-order valence-corrected chi connectivity index (χ2v) is 9.07. The van der Waals surface area contributed by atoms with Crippen LogP contribution in [0.15, 0.2) is 42.5 Å². The highest BCUT2D eigenvalue weighted by atomic mass is 19.4. The molecule has 7 nitrogen and oxygen atoms in total. The first-order valence-corrected chi connectivity index (χ1v) is 12.0. The minimum absolute atomic E-state index is 0.0665. The third-order valence-corrected chi connectivity index (χ3v) is 6.34. The number of hydrogen-bond donors (Lipinski definition) is 2. The molecule has 3 atom stereocenters. The van der Waals surface area contributed by atoms with Gasteiger partial charge in [-0.2, -0.15) is 41.8 Å². The molecule has 0 bridgehead atoms. The lowest BCUT2D eigenvalue weighted by molar-refractivity contribution is -0.231. The number of rotatable bonds is 8. The summed E-state index contributed by atoms with van der Waals surface area (Å²) in [6.07, 6.45) is -12.3. The Morgan fingerprint density at radius 1 is 1.03 bits per heavy atom. The molecule has 14 heteroatoms. The number of benzene rings is 2. The van der Waals surface area contributed by atoms with Crippen LogP contribution >= 0.6 is 0 Å². The van der Waals surface area contributed by atoms with Gasteiger partial charge in [-0.1, -0.05) is 12.1 Å². The molecule has 1 aliphatic rings. The van der Waals surface area contributed by atoms with Crippen molar-refractivity contribution in [3.8, 4) is 0 Å². The van der Waals surface area contributed by atoms with Crippen LogP contribution in [-0.4, -0.2) is 46.8 Å². The van der Waals surface area contributed by atoms with Crippen LogP contribution in [-0.2, 0) is 34.9 Å². The average molecular weight is 562 g/mol. The summed E-state index contributed by atoms with van der Waals surface area (Å²) in [6, 6.07) is 6.17. The first-order chi connectivity index (χ1) is 18.4. The van der Waals surface area contributed by atoms with Crippen molar-refractivity contribution < 1.29 is 40.2 Å². The van der Waals surface area contributed by atoms with Gasteiger partial charge in [0.2, 0.25) is 0 Å². The molecule has 0 saturated carbocycles. The van der Waals surface area contributed by atoms with Gasteiger partial charge in [-0.25, -0.2) is 4.39 Å². The smallest absolute Gasteiger partial charge is 0.349 e. The van der Waals surface area contributed by atoms with Crippen LogP contribution in [0.1, 0.15) is 52.7 Å². The van der Waals surface area contributed by atoms with Crippen molar-refractivity contribution in [3.05, 3.63) is 81.9 Å². The van der Waals surface area contributed by atoms with Crippen molar-refractivity contribution in [2.45, 2.75) is 50.8 Å². The largest absolute Gasteiger partial charge is 0.416 e. The van der Waals surface area contributed by atoms with Crippen LogP contribution in [0.5, 0.6) is 0 Å². The molecule has 39 heavy (non-hydrogen) atoms. The molecule has 2 N–H and O–H groups in total. The highest BCUT2D eigenvalue weighted by molar-refractivity contribution is 5.35. The fraction of sp³-hybridized carbons (Fsp3) is 0.440. The number of nitrogens with one attached hydrogen (secondary N) is 2. The molecule has 2 heterocycles. The quantitative estimate of drug-likeness (QED) is 0.360. The summed E-state index contributed by atoms with van der Waals surface area (Å²) in [7, 11) is 1.75. The highest BCUT2D eigenvalue weighted by Gasteiger charge is 2.39. The molecule has 1 saturated heterocycles. The van der Waals surface area contributed by atoms with Crippen LogP contribution < -0.4 is 5.32 Å². The van der Waals surface area contributed by atoms with E-state index in [4.69, 9.17) is 9.47 Å². The molecule has 1 aromatic heterocycles. The normalized spacial score (nSPS) is 19.8. The van der Waals surface area contributed by atoms with Gasteiger partial charge >= 0.3 is 12.4 Å². The van der Waals surface area contributed by atoms with Crippen LogP contribution in [0.2, 0.25) is 0 Å². The molecule has 4 rings (SSSR count). The van der Waals surface area contributed by atoms with Crippen molar-refractivity contribution in [2.75, 3.05) is 20.2 Å². The van der Waals surface area contributed by atoms with Gasteiger partial charge in [0, 0.05) is 19.6 Å². The zero-order chi connectivity index (χ0) is 28.4. The Morgan fingerprint density at radius 2 is 1.64 bits per heavy atom. The van der Waals surface area contributed by atoms with Gasteiger partial charge < -0.3 is 14.8 Å². The lowest BCUT2D eigenvalue weighted by atomic mass is 10.0. The molecule has 0 spiro atoms. The van der Waals surface area contributed by atoms with Gasteiger partial charge in [-0.15, -0.1) is 0 Å². The Morgan fingerprint density at radius 3 is 2.23 bits per heavy atom. The number of ether oxygens (including phenoxy) is 2. The van der Waals surface area contributed by atoms with Crippen molar-refractivity contribution in [1.29, 1.82) is 0 Å². The number of morpholine rings is 1. The number of alkyl halides is 6. The molecule has 1 fully saturated rings. The first-order valence-electron chi connectivity index (χ1n) is 12.0. The van der Waals surface area contributed by atoms with E-state index in [9.17, 15) is 30.7 Å². The van der Waals surface area contributed by atoms with Crippen LogP contribution in [0, 0.1) is 5.82 Å². The van der Waals surface area contributed by atoms with Crippen molar-refractivity contribution in [1.82, 2.24) is 25.6 Å². The lowest BCUT2D eigenvalue weighted by Crippen LogP contribution is -2.46. The maximum Gasteiger partial charge on any atom is 0.416 e. The Kier molecular flexibility index (Phi) is 8.59. The Hall–Kier alpha value is -3.07. The number of aromatic nitrogens is 3. The Labute approximate surface area is 219 Å². The molecular formula is C25H26F7N5O2. The van der Waals surface area contributed by atoms with E-state index in [1.54, 1.807) is 7.05 Å². The van der Waals surface area contributed by atoms with E-state index in [0.717, 1.165) is 0 Å². The molecular weight excluding hydrogens is 535 g/mol. The predicted molar refractivity (Wildman–Crippen MR) is 124 cm³/mol. The van der Waals surface area contributed by atoms with E-state index in [1.165, 1.54) is 31.2 Å². The van der Waals surface area contributed by atoms with E-state index >= 15 is 0 Å². The third-order valence-electron chi connectivity index (χ3n) is 6.34. The fourth-order valence-corrected chi connectivity index (χ4v) is 4.40. The fourth-order valence-electron chi connectivity index (χ4n) is 4.40. The maximum absolute atomic E-state index is 13.7. The van der Waals surface area contributed by atoms with Gasteiger partial charge in [0.1, 0.15) is 17.2 Å². The zero-order valence-corrected chi connectivity index (χ0v) is 20.9.